The summed E-state index contributed by atoms with van der Waals surface area (Å²) in [5.74, 6) is 0.205. The molecule has 1 unspecified atom stereocenters. The molecule has 1 aliphatic carbocycles. The summed E-state index contributed by atoms with van der Waals surface area (Å²) in [6, 6.07) is 0. The van der Waals surface area contributed by atoms with E-state index < -0.39 is 5.54 Å². The molecular weight excluding hydrogens is 270 g/mol. The second kappa shape index (κ2) is 8.87. The lowest BCUT2D eigenvalue weighted by Crippen LogP contribution is -2.58. The highest BCUT2D eigenvalue weighted by molar-refractivity contribution is 5.93. The molecule has 0 saturated heterocycles. The highest BCUT2D eigenvalue weighted by Gasteiger charge is 2.36. The summed E-state index contributed by atoms with van der Waals surface area (Å²) < 4.78 is 5.06. The van der Waals surface area contributed by atoms with Gasteiger partial charge >= 0.3 is 0 Å². The molecule has 1 fully saturated rings. The van der Waals surface area contributed by atoms with Crippen LogP contribution < -0.4 is 11.1 Å². The molecule has 0 aromatic heterocycles. The topological polar surface area (TPSA) is 96.9 Å². The van der Waals surface area contributed by atoms with Gasteiger partial charge in [-0.05, 0) is 18.8 Å². The van der Waals surface area contributed by atoms with Crippen molar-refractivity contribution in [2.45, 2.75) is 63.8 Å². The standard InChI is InChI=1S/C15H29N3O3/c1-12(11-21-2)10-13(19)17-15(14(16)18-20)8-6-4-3-5-7-9-15/h12,20H,3-11H2,1-2H3,(H2,16,18)(H,17,19). The van der Waals surface area contributed by atoms with Crippen LogP contribution in [0.1, 0.15) is 58.3 Å². The van der Waals surface area contributed by atoms with Crippen molar-refractivity contribution in [2.24, 2.45) is 16.8 Å². The first-order chi connectivity index (χ1) is 10.0. The van der Waals surface area contributed by atoms with Gasteiger partial charge in [0.25, 0.3) is 0 Å². The van der Waals surface area contributed by atoms with Gasteiger partial charge in [0.15, 0.2) is 5.84 Å². The molecule has 0 bridgehead atoms. The van der Waals surface area contributed by atoms with Crippen molar-refractivity contribution >= 4 is 11.7 Å². The Morgan fingerprint density at radius 3 is 2.43 bits per heavy atom. The molecular formula is C15H29N3O3. The lowest BCUT2D eigenvalue weighted by atomic mass is 9.82. The van der Waals surface area contributed by atoms with E-state index >= 15 is 0 Å². The smallest absolute Gasteiger partial charge is 0.221 e. The van der Waals surface area contributed by atoms with E-state index in [9.17, 15) is 4.79 Å². The molecule has 1 atom stereocenters. The fraction of sp³-hybridized carbons (Fsp3) is 0.867. The number of carbonyl (C=O) groups excluding carboxylic acids is 1. The molecule has 6 heteroatoms. The second-order valence-electron chi connectivity index (χ2n) is 6.15. The Morgan fingerprint density at radius 2 is 1.90 bits per heavy atom. The van der Waals surface area contributed by atoms with Gasteiger partial charge in [-0.3, -0.25) is 4.79 Å². The Bertz CT molecular complexity index is 350. The Balaban J connectivity index is 2.74. The van der Waals surface area contributed by atoms with Crippen molar-refractivity contribution in [3.63, 3.8) is 0 Å². The van der Waals surface area contributed by atoms with Crippen molar-refractivity contribution < 1.29 is 14.7 Å². The number of rotatable bonds is 6. The maximum Gasteiger partial charge on any atom is 0.221 e. The van der Waals surface area contributed by atoms with Crippen molar-refractivity contribution in [2.75, 3.05) is 13.7 Å². The van der Waals surface area contributed by atoms with Crippen LogP contribution in [0.3, 0.4) is 0 Å². The molecule has 0 aromatic carbocycles. The maximum absolute atomic E-state index is 12.3. The molecule has 1 aliphatic rings. The average Bonchev–Trinajstić information content (AvgIpc) is 2.41. The number of amidine groups is 1. The summed E-state index contributed by atoms with van der Waals surface area (Å²) in [5, 5.41) is 15.3. The van der Waals surface area contributed by atoms with Gasteiger partial charge in [0, 0.05) is 20.1 Å². The van der Waals surface area contributed by atoms with Gasteiger partial charge in [0.05, 0.1) is 0 Å². The fourth-order valence-electron chi connectivity index (χ4n) is 3.03. The molecule has 6 nitrogen and oxygen atoms in total. The van der Waals surface area contributed by atoms with Crippen LogP contribution >= 0.6 is 0 Å². The SMILES string of the molecule is COCC(C)CC(=O)NC1(C(N)=NO)CCCCCCC1. The van der Waals surface area contributed by atoms with E-state index in [0.29, 0.717) is 13.0 Å². The van der Waals surface area contributed by atoms with Crippen LogP contribution in [0, 0.1) is 5.92 Å². The number of amides is 1. The summed E-state index contributed by atoms with van der Waals surface area (Å²) in [4.78, 5) is 12.3. The summed E-state index contributed by atoms with van der Waals surface area (Å²) in [6.07, 6.45) is 7.25. The van der Waals surface area contributed by atoms with E-state index in [1.54, 1.807) is 7.11 Å². The summed E-state index contributed by atoms with van der Waals surface area (Å²) >= 11 is 0. The predicted octanol–water partition coefficient (Wildman–Crippen LogP) is 2.00. The molecule has 21 heavy (non-hydrogen) atoms. The van der Waals surface area contributed by atoms with Crippen molar-refractivity contribution in [3.8, 4) is 0 Å². The monoisotopic (exact) mass is 299 g/mol. The second-order valence-corrected chi connectivity index (χ2v) is 6.15. The molecule has 0 aromatic rings. The van der Waals surface area contributed by atoms with Gasteiger partial charge < -0.3 is 21.0 Å². The predicted molar refractivity (Wildman–Crippen MR) is 82.3 cm³/mol. The molecule has 1 saturated carbocycles. The largest absolute Gasteiger partial charge is 0.409 e. The number of carbonyl (C=O) groups is 1. The third-order valence-corrected chi connectivity index (χ3v) is 4.17. The number of nitrogens with zero attached hydrogens (tertiary/aromatic N) is 1. The van der Waals surface area contributed by atoms with Gasteiger partial charge in [-0.15, -0.1) is 0 Å². The van der Waals surface area contributed by atoms with Crippen LogP contribution in [0.4, 0.5) is 0 Å². The Morgan fingerprint density at radius 1 is 1.33 bits per heavy atom. The van der Waals surface area contributed by atoms with Crippen LogP contribution in [0.25, 0.3) is 0 Å². The zero-order chi connectivity index (χ0) is 15.7. The van der Waals surface area contributed by atoms with Gasteiger partial charge in [0.2, 0.25) is 5.91 Å². The Hall–Kier alpha value is -1.30. The van der Waals surface area contributed by atoms with Crippen LogP contribution in [0.15, 0.2) is 5.16 Å². The highest BCUT2D eigenvalue weighted by atomic mass is 16.5. The van der Waals surface area contributed by atoms with Gasteiger partial charge in [0.1, 0.15) is 5.54 Å². The third-order valence-electron chi connectivity index (χ3n) is 4.17. The lowest BCUT2D eigenvalue weighted by Gasteiger charge is -2.35. The number of ether oxygens (including phenoxy) is 1. The van der Waals surface area contributed by atoms with E-state index in [-0.39, 0.29) is 17.7 Å². The number of oxime groups is 1. The molecule has 4 N–H and O–H groups in total. The van der Waals surface area contributed by atoms with Crippen LogP contribution in [0.5, 0.6) is 0 Å². The summed E-state index contributed by atoms with van der Waals surface area (Å²) in [6.45, 7) is 2.52. The van der Waals surface area contributed by atoms with Crippen molar-refractivity contribution in [1.29, 1.82) is 0 Å². The van der Waals surface area contributed by atoms with Crippen LogP contribution in [-0.2, 0) is 9.53 Å². The number of nitrogens with two attached hydrogens (primary N) is 1. The van der Waals surface area contributed by atoms with Gasteiger partial charge in [-0.1, -0.05) is 44.2 Å². The summed E-state index contributed by atoms with van der Waals surface area (Å²) in [7, 11) is 1.63. The van der Waals surface area contributed by atoms with Gasteiger partial charge in [-0.2, -0.15) is 0 Å². The molecule has 0 aliphatic heterocycles. The minimum absolute atomic E-state index is 0.0632. The highest BCUT2D eigenvalue weighted by Crippen LogP contribution is 2.27. The fourth-order valence-corrected chi connectivity index (χ4v) is 3.03. The first-order valence-corrected chi connectivity index (χ1v) is 7.82. The molecule has 122 valence electrons. The average molecular weight is 299 g/mol. The first kappa shape index (κ1) is 17.8. The number of methoxy groups -OCH3 is 1. The molecule has 1 amide bonds. The van der Waals surface area contributed by atoms with Crippen molar-refractivity contribution in [1.82, 2.24) is 5.32 Å². The third kappa shape index (κ3) is 5.53. The summed E-state index contributed by atoms with van der Waals surface area (Å²) in [5.41, 5.74) is 5.21. The minimum atomic E-state index is -0.695. The van der Waals surface area contributed by atoms with Crippen LogP contribution in [-0.4, -0.2) is 36.2 Å². The molecule has 0 radical (unpaired) electrons. The zero-order valence-electron chi connectivity index (χ0n) is 13.2. The zero-order valence-corrected chi connectivity index (χ0v) is 13.2. The Kier molecular flexibility index (Phi) is 7.50. The molecule has 0 heterocycles. The quantitative estimate of drug-likeness (QED) is 0.302. The first-order valence-electron chi connectivity index (χ1n) is 7.82. The van der Waals surface area contributed by atoms with Crippen molar-refractivity contribution in [3.05, 3.63) is 0 Å². The maximum atomic E-state index is 12.3. The number of hydrogen-bond donors (Lipinski definition) is 3. The lowest BCUT2D eigenvalue weighted by molar-refractivity contribution is -0.123. The van der Waals surface area contributed by atoms with E-state index in [4.69, 9.17) is 15.7 Å². The van der Waals surface area contributed by atoms with E-state index in [1.807, 2.05) is 6.92 Å². The van der Waals surface area contributed by atoms with Crippen LogP contribution in [0.2, 0.25) is 0 Å². The Labute approximate surface area is 127 Å². The number of hydrogen-bond acceptors (Lipinski definition) is 4. The number of nitrogens with one attached hydrogen (secondary N) is 1. The van der Waals surface area contributed by atoms with Gasteiger partial charge in [-0.25, -0.2) is 0 Å². The van der Waals surface area contributed by atoms with E-state index in [2.05, 4.69) is 10.5 Å². The van der Waals surface area contributed by atoms with E-state index in [1.165, 1.54) is 6.42 Å². The minimum Gasteiger partial charge on any atom is -0.409 e. The molecule has 1 rings (SSSR count). The normalized spacial score (nSPS) is 21.1. The molecule has 0 spiro atoms. The van der Waals surface area contributed by atoms with E-state index in [0.717, 1.165) is 38.5 Å².